The lowest BCUT2D eigenvalue weighted by atomic mass is 10.5. The Hall–Kier alpha value is -1.30. The number of alkyl carbamates (subject to hydrolysis) is 1. The first-order valence-corrected chi connectivity index (χ1v) is 4.37. The van der Waals surface area contributed by atoms with Gasteiger partial charge >= 0.3 is 12.1 Å². The van der Waals surface area contributed by atoms with E-state index in [9.17, 15) is 9.59 Å². The van der Waals surface area contributed by atoms with Crippen LogP contribution in [0.3, 0.4) is 0 Å². The summed E-state index contributed by atoms with van der Waals surface area (Å²) in [6.45, 7) is 2.62. The van der Waals surface area contributed by atoms with Crippen LogP contribution in [0.15, 0.2) is 0 Å². The van der Waals surface area contributed by atoms with Gasteiger partial charge in [-0.2, -0.15) is 0 Å². The lowest BCUT2D eigenvalue weighted by molar-refractivity contribution is -0.135. The molecule has 0 heterocycles. The third-order valence-electron chi connectivity index (χ3n) is 1.19. The predicted octanol–water partition coefficient (Wildman–Crippen LogP) is 0.224. The van der Waals surface area contributed by atoms with E-state index < -0.39 is 18.6 Å². The fourth-order valence-electron chi connectivity index (χ4n) is 0.639. The molecule has 0 aromatic rings. The van der Waals surface area contributed by atoms with Gasteiger partial charge in [-0.3, -0.25) is 4.79 Å². The summed E-state index contributed by atoms with van der Waals surface area (Å²) in [6, 6.07) is 0. The topological polar surface area (TPSA) is 84.9 Å². The third-order valence-corrected chi connectivity index (χ3v) is 1.19. The molecule has 6 heteroatoms. The fraction of sp³-hybridized carbons (Fsp3) is 0.750. The second-order valence-electron chi connectivity index (χ2n) is 2.50. The number of hydrogen-bond acceptors (Lipinski definition) is 4. The summed E-state index contributed by atoms with van der Waals surface area (Å²) in [5.41, 5.74) is 0. The van der Waals surface area contributed by atoms with Crippen LogP contribution in [0.5, 0.6) is 0 Å². The molecule has 0 unspecified atom stereocenters. The van der Waals surface area contributed by atoms with E-state index in [-0.39, 0.29) is 6.61 Å². The van der Waals surface area contributed by atoms with Crippen LogP contribution in [-0.4, -0.2) is 43.5 Å². The Balaban J connectivity index is 3.22. The molecular formula is C8H15NO5. The van der Waals surface area contributed by atoms with Crippen LogP contribution < -0.4 is 5.32 Å². The maximum absolute atomic E-state index is 10.7. The molecule has 0 spiro atoms. The van der Waals surface area contributed by atoms with Gasteiger partial charge in [-0.05, 0) is 6.42 Å². The monoisotopic (exact) mass is 205 g/mol. The average Bonchev–Trinajstić information content (AvgIpc) is 2.14. The van der Waals surface area contributed by atoms with Crippen LogP contribution in [0.4, 0.5) is 4.79 Å². The molecule has 1 amide bonds. The van der Waals surface area contributed by atoms with Gasteiger partial charge in [0.2, 0.25) is 0 Å². The van der Waals surface area contributed by atoms with Gasteiger partial charge < -0.3 is 19.9 Å². The number of aliphatic carboxylic acids is 1. The Morgan fingerprint density at radius 3 is 2.57 bits per heavy atom. The minimum absolute atomic E-state index is 0.130. The number of nitrogens with one attached hydrogen (secondary N) is 1. The van der Waals surface area contributed by atoms with Crippen molar-refractivity contribution in [3.8, 4) is 0 Å². The summed E-state index contributed by atoms with van der Waals surface area (Å²) in [6.07, 6.45) is 0.165. The second kappa shape index (κ2) is 8.31. The number of carboxylic acid groups (broad SMARTS) is 1. The van der Waals surface area contributed by atoms with Crippen molar-refractivity contribution in [1.29, 1.82) is 0 Å². The smallest absolute Gasteiger partial charge is 0.407 e. The highest BCUT2D eigenvalue weighted by molar-refractivity contribution is 5.76. The molecule has 0 bridgehead atoms. The Bertz CT molecular complexity index is 183. The van der Waals surface area contributed by atoms with Crippen LogP contribution in [-0.2, 0) is 14.3 Å². The molecule has 0 rings (SSSR count). The molecule has 82 valence electrons. The van der Waals surface area contributed by atoms with Gasteiger partial charge in [0, 0.05) is 6.61 Å². The summed E-state index contributed by atoms with van der Waals surface area (Å²) >= 11 is 0. The zero-order chi connectivity index (χ0) is 10.8. The molecule has 14 heavy (non-hydrogen) atoms. The van der Waals surface area contributed by atoms with Crippen LogP contribution in [0, 0.1) is 0 Å². The van der Waals surface area contributed by atoms with Gasteiger partial charge in [0.1, 0.15) is 13.2 Å². The molecular weight excluding hydrogens is 190 g/mol. The van der Waals surface area contributed by atoms with Crippen molar-refractivity contribution in [2.75, 3.05) is 26.4 Å². The van der Waals surface area contributed by atoms with E-state index in [4.69, 9.17) is 9.84 Å². The van der Waals surface area contributed by atoms with Crippen LogP contribution in [0.1, 0.15) is 13.3 Å². The molecule has 0 fully saturated rings. The van der Waals surface area contributed by atoms with Gasteiger partial charge in [-0.25, -0.2) is 4.79 Å². The van der Waals surface area contributed by atoms with E-state index in [1.807, 2.05) is 6.92 Å². The van der Waals surface area contributed by atoms with Crippen LogP contribution in [0.2, 0.25) is 0 Å². The van der Waals surface area contributed by atoms with Crippen molar-refractivity contribution in [2.45, 2.75) is 13.3 Å². The standard InChI is InChI=1S/C8H15NO5/c1-2-3-13-4-5-14-8(12)9-6-7(10)11/h2-6H2,1H3,(H,9,12)(H,10,11). The molecule has 0 saturated heterocycles. The van der Waals surface area contributed by atoms with Gasteiger partial charge in [-0.1, -0.05) is 6.92 Å². The summed E-state index contributed by atoms with van der Waals surface area (Å²) in [7, 11) is 0. The Morgan fingerprint density at radius 2 is 2.00 bits per heavy atom. The van der Waals surface area contributed by atoms with Gasteiger partial charge in [0.25, 0.3) is 0 Å². The molecule has 0 radical (unpaired) electrons. The van der Waals surface area contributed by atoms with Crippen molar-refractivity contribution in [3.63, 3.8) is 0 Å². The van der Waals surface area contributed by atoms with Crippen molar-refractivity contribution >= 4 is 12.1 Å². The molecule has 0 saturated carbocycles. The van der Waals surface area contributed by atoms with E-state index in [1.165, 1.54) is 0 Å². The molecule has 0 atom stereocenters. The molecule has 0 aliphatic carbocycles. The third kappa shape index (κ3) is 8.79. The number of hydrogen-bond donors (Lipinski definition) is 2. The zero-order valence-electron chi connectivity index (χ0n) is 8.12. The molecule has 6 nitrogen and oxygen atoms in total. The van der Waals surface area contributed by atoms with Crippen LogP contribution in [0.25, 0.3) is 0 Å². The van der Waals surface area contributed by atoms with Crippen molar-refractivity contribution in [1.82, 2.24) is 5.32 Å². The highest BCUT2D eigenvalue weighted by Crippen LogP contribution is 1.82. The maximum atomic E-state index is 10.7. The SMILES string of the molecule is CCCOCCOC(=O)NCC(=O)O. The normalized spacial score (nSPS) is 9.50. The number of carboxylic acids is 1. The highest BCUT2D eigenvalue weighted by Gasteiger charge is 2.03. The van der Waals surface area contributed by atoms with E-state index in [0.717, 1.165) is 6.42 Å². The molecule has 0 aliphatic heterocycles. The number of carbonyl (C=O) groups is 2. The highest BCUT2D eigenvalue weighted by atomic mass is 16.6. The number of carbonyl (C=O) groups excluding carboxylic acids is 1. The average molecular weight is 205 g/mol. The van der Waals surface area contributed by atoms with Crippen molar-refractivity contribution in [2.24, 2.45) is 0 Å². The minimum atomic E-state index is -1.11. The zero-order valence-corrected chi connectivity index (χ0v) is 8.12. The summed E-state index contributed by atoms with van der Waals surface area (Å²) < 4.78 is 9.64. The van der Waals surface area contributed by atoms with E-state index in [0.29, 0.717) is 13.2 Å². The lowest BCUT2D eigenvalue weighted by Gasteiger charge is -2.05. The van der Waals surface area contributed by atoms with Crippen molar-refractivity contribution < 1.29 is 24.2 Å². The predicted molar refractivity (Wildman–Crippen MR) is 48.1 cm³/mol. The Kier molecular flexibility index (Phi) is 7.53. The van der Waals surface area contributed by atoms with E-state index in [1.54, 1.807) is 0 Å². The number of amides is 1. The maximum Gasteiger partial charge on any atom is 0.407 e. The minimum Gasteiger partial charge on any atom is -0.480 e. The van der Waals surface area contributed by atoms with Crippen LogP contribution >= 0.6 is 0 Å². The molecule has 2 N–H and O–H groups in total. The Labute approximate surface area is 82.2 Å². The molecule has 0 aliphatic rings. The largest absolute Gasteiger partial charge is 0.480 e. The second-order valence-corrected chi connectivity index (χ2v) is 2.50. The first kappa shape index (κ1) is 12.7. The molecule has 0 aromatic carbocycles. The summed E-state index contributed by atoms with van der Waals surface area (Å²) in [5.74, 6) is -1.11. The summed E-state index contributed by atoms with van der Waals surface area (Å²) in [4.78, 5) is 20.8. The number of ether oxygens (including phenoxy) is 2. The van der Waals surface area contributed by atoms with E-state index >= 15 is 0 Å². The number of rotatable bonds is 7. The lowest BCUT2D eigenvalue weighted by Crippen LogP contribution is -2.30. The van der Waals surface area contributed by atoms with Gasteiger partial charge in [-0.15, -0.1) is 0 Å². The quantitative estimate of drug-likeness (QED) is 0.581. The first-order chi connectivity index (χ1) is 6.66. The Morgan fingerprint density at radius 1 is 1.29 bits per heavy atom. The van der Waals surface area contributed by atoms with Crippen molar-refractivity contribution in [3.05, 3.63) is 0 Å². The van der Waals surface area contributed by atoms with Gasteiger partial charge in [0.05, 0.1) is 6.61 Å². The van der Waals surface area contributed by atoms with Gasteiger partial charge in [0.15, 0.2) is 0 Å². The summed E-state index contributed by atoms with van der Waals surface area (Å²) in [5, 5.41) is 10.3. The van der Waals surface area contributed by atoms with E-state index in [2.05, 4.69) is 10.1 Å². The first-order valence-electron chi connectivity index (χ1n) is 4.37. The molecule has 0 aromatic heterocycles. The fourth-order valence-corrected chi connectivity index (χ4v) is 0.639.